The van der Waals surface area contributed by atoms with Crippen molar-refractivity contribution in [3.63, 3.8) is 0 Å². The van der Waals surface area contributed by atoms with Crippen LogP contribution in [0.2, 0.25) is 0 Å². The fraction of sp³-hybridized carbons (Fsp3) is 0. The zero-order chi connectivity index (χ0) is 14.7. The number of aromatic carboxylic acids is 1. The molecule has 1 aromatic carbocycles. The van der Waals surface area contributed by atoms with E-state index in [4.69, 9.17) is 5.11 Å². The average molecular weight is 339 g/mol. The van der Waals surface area contributed by atoms with E-state index in [2.05, 4.69) is 26.2 Å². The monoisotopic (exact) mass is 338 g/mol. The number of hydrogen-bond acceptors (Lipinski definition) is 3. The third kappa shape index (κ3) is 3.18. The van der Waals surface area contributed by atoms with Gasteiger partial charge in [-0.25, -0.2) is 9.18 Å². The Morgan fingerprint density at radius 3 is 2.55 bits per heavy atom. The maximum atomic E-state index is 12.9. The third-order valence-electron chi connectivity index (χ3n) is 2.42. The van der Waals surface area contributed by atoms with Crippen molar-refractivity contribution in [3.8, 4) is 0 Å². The van der Waals surface area contributed by atoms with E-state index in [0.717, 1.165) is 6.20 Å². The number of pyridine rings is 1. The third-order valence-corrected chi connectivity index (χ3v) is 3.08. The quantitative estimate of drug-likeness (QED) is 0.901. The zero-order valence-electron chi connectivity index (χ0n) is 9.93. The molecule has 0 saturated carbocycles. The molecular weight excluding hydrogens is 331 g/mol. The van der Waals surface area contributed by atoms with Gasteiger partial charge in [0.2, 0.25) is 0 Å². The van der Waals surface area contributed by atoms with Crippen LogP contribution in [-0.2, 0) is 0 Å². The highest BCUT2D eigenvalue weighted by atomic mass is 79.9. The van der Waals surface area contributed by atoms with Crippen LogP contribution in [0.15, 0.2) is 41.0 Å². The molecular formula is C13H8BrFN2O3. The first-order chi connectivity index (χ1) is 9.47. The van der Waals surface area contributed by atoms with Gasteiger partial charge in [0, 0.05) is 10.7 Å². The molecule has 0 aliphatic rings. The predicted molar refractivity (Wildman–Crippen MR) is 73.2 cm³/mol. The van der Waals surface area contributed by atoms with Gasteiger partial charge in [0.05, 0.1) is 11.3 Å². The lowest BCUT2D eigenvalue weighted by atomic mass is 10.2. The summed E-state index contributed by atoms with van der Waals surface area (Å²) in [5.41, 5.74) is 0.441. The van der Waals surface area contributed by atoms with Gasteiger partial charge in [0.1, 0.15) is 11.5 Å². The first kappa shape index (κ1) is 14.1. The minimum atomic E-state index is -1.12. The molecule has 2 aromatic rings. The second kappa shape index (κ2) is 5.79. The molecule has 5 nitrogen and oxygen atoms in total. The van der Waals surface area contributed by atoms with Crippen LogP contribution in [0.4, 0.5) is 10.1 Å². The van der Waals surface area contributed by atoms with E-state index < -0.39 is 17.7 Å². The molecule has 0 saturated heterocycles. The molecule has 0 radical (unpaired) electrons. The number of aromatic nitrogens is 1. The number of carboxylic acids is 1. The van der Waals surface area contributed by atoms with E-state index in [1.165, 1.54) is 30.3 Å². The van der Waals surface area contributed by atoms with Crippen LogP contribution in [0.25, 0.3) is 0 Å². The number of amides is 1. The number of carbonyl (C=O) groups excluding carboxylic acids is 1. The Morgan fingerprint density at radius 1 is 1.25 bits per heavy atom. The van der Waals surface area contributed by atoms with Crippen molar-refractivity contribution >= 4 is 33.5 Å². The van der Waals surface area contributed by atoms with Crippen LogP contribution in [0.5, 0.6) is 0 Å². The number of carbonyl (C=O) groups is 2. The van der Waals surface area contributed by atoms with Gasteiger partial charge in [0.15, 0.2) is 0 Å². The molecule has 0 atom stereocenters. The van der Waals surface area contributed by atoms with Crippen molar-refractivity contribution < 1.29 is 19.1 Å². The van der Waals surface area contributed by atoms with Crippen molar-refractivity contribution in [3.05, 3.63) is 58.1 Å². The van der Waals surface area contributed by atoms with Crippen LogP contribution in [0.1, 0.15) is 20.8 Å². The van der Waals surface area contributed by atoms with Gasteiger partial charge in [-0.05, 0) is 46.3 Å². The normalized spacial score (nSPS) is 10.1. The number of hydrogen-bond donors (Lipinski definition) is 2. The molecule has 0 spiro atoms. The first-order valence-corrected chi connectivity index (χ1v) is 6.22. The van der Waals surface area contributed by atoms with Crippen molar-refractivity contribution in [1.82, 2.24) is 4.98 Å². The van der Waals surface area contributed by atoms with Gasteiger partial charge < -0.3 is 10.4 Å². The Balaban J connectivity index is 2.17. The molecule has 0 bridgehead atoms. The Labute approximate surface area is 121 Å². The van der Waals surface area contributed by atoms with E-state index in [1.54, 1.807) is 0 Å². The first-order valence-electron chi connectivity index (χ1n) is 5.43. The molecule has 2 rings (SSSR count). The number of carboxylic acid groups (broad SMARTS) is 1. The zero-order valence-corrected chi connectivity index (χ0v) is 11.5. The van der Waals surface area contributed by atoms with Crippen molar-refractivity contribution in [1.29, 1.82) is 0 Å². The summed E-state index contributed by atoms with van der Waals surface area (Å²) in [6.45, 7) is 0. The number of nitrogens with zero attached hydrogens (tertiary/aromatic N) is 1. The van der Waals surface area contributed by atoms with Crippen LogP contribution in [-0.4, -0.2) is 22.0 Å². The maximum Gasteiger partial charge on any atom is 0.337 e. The van der Waals surface area contributed by atoms with Crippen molar-refractivity contribution in [2.45, 2.75) is 0 Å². The highest BCUT2D eigenvalue weighted by molar-refractivity contribution is 9.10. The smallest absolute Gasteiger partial charge is 0.337 e. The number of nitrogens with one attached hydrogen (secondary N) is 1. The SMILES string of the molecule is O=C(O)c1ccc(C(=O)Nc2ccc(F)cc2Br)nc1. The highest BCUT2D eigenvalue weighted by Gasteiger charge is 2.11. The molecule has 0 fully saturated rings. The van der Waals surface area contributed by atoms with Crippen molar-refractivity contribution in [2.24, 2.45) is 0 Å². The van der Waals surface area contributed by atoms with Gasteiger partial charge in [-0.3, -0.25) is 9.78 Å². The minimum Gasteiger partial charge on any atom is -0.478 e. The lowest BCUT2D eigenvalue weighted by Gasteiger charge is -2.07. The number of benzene rings is 1. The highest BCUT2D eigenvalue weighted by Crippen LogP contribution is 2.23. The molecule has 1 amide bonds. The van der Waals surface area contributed by atoms with Gasteiger partial charge >= 0.3 is 5.97 Å². The maximum absolute atomic E-state index is 12.9. The fourth-order valence-corrected chi connectivity index (χ4v) is 1.88. The molecule has 1 heterocycles. The summed E-state index contributed by atoms with van der Waals surface area (Å²) in [5.74, 6) is -2.07. The Hall–Kier alpha value is -2.28. The predicted octanol–water partition coefficient (Wildman–Crippen LogP) is 2.93. The van der Waals surface area contributed by atoms with E-state index >= 15 is 0 Å². The summed E-state index contributed by atoms with van der Waals surface area (Å²) < 4.78 is 13.3. The summed E-state index contributed by atoms with van der Waals surface area (Å²) in [7, 11) is 0. The summed E-state index contributed by atoms with van der Waals surface area (Å²) in [6, 6.07) is 6.42. The molecule has 20 heavy (non-hydrogen) atoms. The topological polar surface area (TPSA) is 79.3 Å². The van der Waals surface area contributed by atoms with Gasteiger partial charge in [-0.2, -0.15) is 0 Å². The second-order valence-electron chi connectivity index (χ2n) is 3.82. The molecule has 0 unspecified atom stereocenters. The van der Waals surface area contributed by atoms with E-state index in [9.17, 15) is 14.0 Å². The Kier molecular flexibility index (Phi) is 4.09. The van der Waals surface area contributed by atoms with Crippen LogP contribution >= 0.6 is 15.9 Å². The summed E-state index contributed by atoms with van der Waals surface area (Å²) >= 11 is 3.13. The van der Waals surface area contributed by atoms with Gasteiger partial charge in [-0.15, -0.1) is 0 Å². The molecule has 0 aliphatic carbocycles. The van der Waals surface area contributed by atoms with Crippen LogP contribution < -0.4 is 5.32 Å². The molecule has 0 aliphatic heterocycles. The minimum absolute atomic E-state index is 0.00971. The Bertz CT molecular complexity index is 674. The standard InChI is InChI=1S/C13H8BrFN2O3/c14-9-5-8(15)2-4-10(9)17-12(18)11-3-1-7(6-16-11)13(19)20/h1-6H,(H,17,18)(H,19,20). The van der Waals surface area contributed by atoms with Crippen LogP contribution in [0.3, 0.4) is 0 Å². The summed E-state index contributed by atoms with van der Waals surface area (Å²) in [5, 5.41) is 11.3. The average Bonchev–Trinajstić information content (AvgIpc) is 2.42. The van der Waals surface area contributed by atoms with Crippen LogP contribution in [0, 0.1) is 5.82 Å². The van der Waals surface area contributed by atoms with Gasteiger partial charge in [0.25, 0.3) is 5.91 Å². The molecule has 102 valence electrons. The lowest BCUT2D eigenvalue weighted by Crippen LogP contribution is -2.14. The number of rotatable bonds is 3. The molecule has 7 heteroatoms. The molecule has 2 N–H and O–H groups in total. The number of anilines is 1. The van der Waals surface area contributed by atoms with E-state index in [0.29, 0.717) is 10.2 Å². The lowest BCUT2D eigenvalue weighted by molar-refractivity contribution is 0.0696. The molecule has 1 aromatic heterocycles. The largest absolute Gasteiger partial charge is 0.478 e. The van der Waals surface area contributed by atoms with Crippen molar-refractivity contribution in [2.75, 3.05) is 5.32 Å². The van der Waals surface area contributed by atoms with Gasteiger partial charge in [-0.1, -0.05) is 0 Å². The summed E-state index contributed by atoms with van der Waals surface area (Å²) in [4.78, 5) is 26.3. The summed E-state index contributed by atoms with van der Waals surface area (Å²) in [6.07, 6.45) is 1.09. The number of halogens is 2. The second-order valence-corrected chi connectivity index (χ2v) is 4.67. The van der Waals surface area contributed by atoms with E-state index in [1.807, 2.05) is 0 Å². The Morgan fingerprint density at radius 2 is 2.00 bits per heavy atom. The van der Waals surface area contributed by atoms with E-state index in [-0.39, 0.29) is 11.3 Å². The fourth-order valence-electron chi connectivity index (χ4n) is 1.43.